The predicted octanol–water partition coefficient (Wildman–Crippen LogP) is 12.9. The van der Waals surface area contributed by atoms with Crippen LogP contribution in [0, 0.1) is 33.9 Å². The number of pyridine rings is 1. The molecule has 0 aliphatic heterocycles. The first kappa shape index (κ1) is 26.3. The summed E-state index contributed by atoms with van der Waals surface area (Å²) in [4.78, 5) is 9.74. The number of imidazole rings is 1. The number of nitrogens with zero attached hydrogens (tertiary/aromatic N) is 3. The molecule has 0 aliphatic rings. The third-order valence-electron chi connectivity index (χ3n) is 9.39. The molecule has 0 fully saturated rings. The van der Waals surface area contributed by atoms with Gasteiger partial charge in [-0.25, -0.2) is 4.98 Å². The van der Waals surface area contributed by atoms with Crippen LogP contribution in [-0.2, 0) is 26.5 Å². The largest absolute Gasteiger partial charge is 2.00 e. The number of rotatable bonds is 7. The van der Waals surface area contributed by atoms with Gasteiger partial charge in [-0.1, -0.05) is 123 Å². The van der Waals surface area contributed by atoms with Crippen LogP contribution in [0.2, 0.25) is 0 Å². The van der Waals surface area contributed by atoms with Crippen LogP contribution in [0.15, 0.2) is 139 Å². The minimum Gasteiger partial charge on any atom is -0.665 e. The van der Waals surface area contributed by atoms with E-state index < -0.39 is 60.7 Å². The van der Waals surface area contributed by atoms with E-state index in [-0.39, 0.29) is 49.0 Å². The van der Waals surface area contributed by atoms with Gasteiger partial charge in [0.1, 0.15) is 5.82 Å². The molecule has 5 heteroatoms. The van der Waals surface area contributed by atoms with Crippen molar-refractivity contribution < 1.29 is 40.9 Å². The summed E-state index contributed by atoms with van der Waals surface area (Å²) in [5.74, 6) is 0.940. The predicted molar refractivity (Wildman–Crippen MR) is 224 cm³/mol. The van der Waals surface area contributed by atoms with Crippen molar-refractivity contribution in [3.63, 3.8) is 0 Å². The Morgan fingerprint density at radius 1 is 0.764 bits per heavy atom. The van der Waals surface area contributed by atoms with Gasteiger partial charge in [-0.15, -0.1) is 29.3 Å². The number of para-hydroxylation sites is 1. The molecule has 274 valence electrons. The average Bonchev–Trinajstić information content (AvgIpc) is 3.66. The zero-order valence-electron chi connectivity index (χ0n) is 41.9. The molecular formula is C50H43N3OPt. The van der Waals surface area contributed by atoms with E-state index in [0.29, 0.717) is 50.5 Å². The molecule has 4 nitrogen and oxygen atoms in total. The van der Waals surface area contributed by atoms with Crippen LogP contribution in [0.5, 0.6) is 5.75 Å². The van der Waals surface area contributed by atoms with Crippen LogP contribution in [0.4, 0.5) is 0 Å². The molecule has 0 unspecified atom stereocenters. The summed E-state index contributed by atoms with van der Waals surface area (Å²) in [7, 11) is 3.78. The number of aryl methyl sites for hydroxylation is 3. The standard InChI is InChI=1S/C50H43N3O.Pt/c1-32-23-34(3)48(54-7)44(26-32)49-52-47-43(19-14-20-46(47)53(49)42-25-33(2)24-38(30-42)36-17-12-9-13-18-36)39-27-40(29-41(28-39)50(4,5)6)45-31-37(21-22-51-45)35-15-10-8-11-16-35;/h8-26,28-31H,7H2,1-6H3;/q-2;+2/i2D3,8D,10D,11D,15D,16D,21D,22D,31D;. The summed E-state index contributed by atoms with van der Waals surface area (Å²) in [6, 6.07) is 27.5. The Morgan fingerprint density at radius 2 is 1.55 bits per heavy atom. The van der Waals surface area contributed by atoms with Crippen LogP contribution < -0.4 is 4.74 Å². The average molecular weight is 908 g/mol. The summed E-state index contributed by atoms with van der Waals surface area (Å²) < 4.78 is 102. The molecule has 0 spiro atoms. The first-order valence-electron chi connectivity index (χ1n) is 23.0. The van der Waals surface area contributed by atoms with Crippen molar-refractivity contribution in [2.75, 3.05) is 0 Å². The third-order valence-corrected chi connectivity index (χ3v) is 9.39. The fourth-order valence-corrected chi connectivity index (χ4v) is 6.83. The molecule has 0 radical (unpaired) electrons. The van der Waals surface area contributed by atoms with Gasteiger partial charge in [0, 0.05) is 21.7 Å². The van der Waals surface area contributed by atoms with Crippen molar-refractivity contribution >= 4 is 11.0 Å². The molecule has 2 heterocycles. The normalized spacial score (nSPS) is 14.5. The van der Waals surface area contributed by atoms with E-state index in [4.69, 9.17) is 23.4 Å². The second kappa shape index (κ2) is 15.3. The van der Waals surface area contributed by atoms with Crippen LogP contribution in [0.3, 0.4) is 0 Å². The molecule has 8 aromatic rings. The Labute approximate surface area is 354 Å². The van der Waals surface area contributed by atoms with Gasteiger partial charge >= 0.3 is 21.1 Å². The maximum atomic E-state index is 9.42. The van der Waals surface area contributed by atoms with Crippen LogP contribution >= 0.6 is 0 Å². The van der Waals surface area contributed by atoms with Crippen molar-refractivity contribution in [3.05, 3.63) is 175 Å². The summed E-state index contributed by atoms with van der Waals surface area (Å²) in [5.41, 5.74) is 6.70. The van der Waals surface area contributed by atoms with Crippen LogP contribution in [-0.4, -0.2) is 14.5 Å². The molecule has 0 atom stereocenters. The number of aromatic nitrogens is 3. The first-order chi connectivity index (χ1) is 30.6. The quantitative estimate of drug-likeness (QED) is 0.150. The van der Waals surface area contributed by atoms with Crippen molar-refractivity contribution in [2.45, 2.75) is 46.9 Å². The molecule has 2 aromatic heterocycles. The Hall–Kier alpha value is -5.57. The van der Waals surface area contributed by atoms with Gasteiger partial charge in [0.2, 0.25) is 0 Å². The number of benzene rings is 6. The Morgan fingerprint density at radius 3 is 2.29 bits per heavy atom. The van der Waals surface area contributed by atoms with E-state index in [9.17, 15) is 1.37 Å². The van der Waals surface area contributed by atoms with E-state index in [2.05, 4.69) is 18.2 Å². The fraction of sp³-hybridized carbons (Fsp3) is 0.140. The van der Waals surface area contributed by atoms with E-state index in [1.54, 1.807) is 18.2 Å². The molecule has 0 bridgehead atoms. The molecule has 0 saturated heterocycles. The van der Waals surface area contributed by atoms with Crippen LogP contribution in [0.1, 0.15) is 58.1 Å². The first-order valence-corrected chi connectivity index (χ1v) is 17.5. The van der Waals surface area contributed by atoms with Gasteiger partial charge < -0.3 is 4.74 Å². The van der Waals surface area contributed by atoms with Gasteiger partial charge in [0.25, 0.3) is 0 Å². The Bertz CT molecular complexity index is 3200. The second-order valence-corrected chi connectivity index (χ2v) is 14.3. The summed E-state index contributed by atoms with van der Waals surface area (Å²) in [6.45, 7) is 7.48. The van der Waals surface area contributed by atoms with Gasteiger partial charge in [-0.05, 0) is 95.4 Å². The number of hydrogen-bond acceptors (Lipinski definition) is 3. The molecule has 55 heavy (non-hydrogen) atoms. The Balaban J connectivity index is 0.00000648. The van der Waals surface area contributed by atoms with Gasteiger partial charge in [0.15, 0.2) is 0 Å². The topological polar surface area (TPSA) is 39.9 Å². The summed E-state index contributed by atoms with van der Waals surface area (Å²) in [5, 5.41) is 0. The maximum Gasteiger partial charge on any atom is 2.00 e. The minimum absolute atomic E-state index is 0. The molecule has 0 saturated carbocycles. The summed E-state index contributed by atoms with van der Waals surface area (Å²) >= 11 is 0. The van der Waals surface area contributed by atoms with Gasteiger partial charge in [0.05, 0.1) is 33.3 Å². The number of hydrogen-bond donors (Lipinski definition) is 0. The zero-order chi connectivity index (χ0) is 47.0. The number of ether oxygens (including phenoxy) is 1. The van der Waals surface area contributed by atoms with E-state index in [0.717, 1.165) is 22.3 Å². The van der Waals surface area contributed by atoms with Crippen LogP contribution in [0.25, 0.3) is 72.7 Å². The van der Waals surface area contributed by atoms with Crippen molar-refractivity contribution in [3.8, 4) is 67.5 Å². The monoisotopic (exact) mass is 907 g/mol. The molecule has 8 rings (SSSR count). The van der Waals surface area contributed by atoms with E-state index in [1.165, 1.54) is 0 Å². The molecule has 6 aromatic carbocycles. The third kappa shape index (κ3) is 7.44. The number of fused-ring (bicyclic) bond motifs is 1. The smallest absolute Gasteiger partial charge is 0.665 e. The van der Waals surface area contributed by atoms with Gasteiger partial charge in [-0.2, -0.15) is 7.11 Å². The zero-order valence-corrected chi connectivity index (χ0v) is 33.2. The van der Waals surface area contributed by atoms with Crippen molar-refractivity contribution in [2.24, 2.45) is 0 Å². The molecule has 0 aliphatic carbocycles. The van der Waals surface area contributed by atoms with E-state index in [1.807, 2.05) is 112 Å². The fourth-order valence-electron chi connectivity index (χ4n) is 6.83. The van der Waals surface area contributed by atoms with Crippen molar-refractivity contribution in [1.82, 2.24) is 14.5 Å². The Kier molecular flexibility index (Phi) is 7.30. The van der Waals surface area contributed by atoms with Gasteiger partial charge in [-0.3, -0.25) is 9.55 Å². The molecular weight excluding hydrogens is 854 g/mol. The molecule has 0 N–H and O–H groups in total. The second-order valence-electron chi connectivity index (χ2n) is 14.3. The SMILES string of the molecule is [2H]c1nc(-c2[c-]c(-c3cccc4c3nc(-c3cc(C)cc(C)c3O[CH2-])n4-c3cc(-c4ccccc4)cc(C([2H])([2H])[2H])c3)cc(C(C)(C)C)c2)c([2H])c(-c2c([2H])c([2H])c([2H])c([2H])c2[2H])c1[2H].[Pt+2]. The van der Waals surface area contributed by atoms with E-state index >= 15 is 0 Å². The summed E-state index contributed by atoms with van der Waals surface area (Å²) in [6.07, 6.45) is -0.551. The minimum atomic E-state index is -2.45. The van der Waals surface area contributed by atoms with Crippen molar-refractivity contribution in [1.29, 1.82) is 0 Å². The molecule has 0 amide bonds. The maximum absolute atomic E-state index is 9.42.